The Morgan fingerprint density at radius 2 is 2.00 bits per heavy atom. The van der Waals surface area contributed by atoms with Crippen LogP contribution >= 0.6 is 11.3 Å². The van der Waals surface area contributed by atoms with E-state index in [0.29, 0.717) is 30.6 Å². The molecule has 108 valence electrons. The molecule has 1 aromatic heterocycles. The van der Waals surface area contributed by atoms with Crippen molar-refractivity contribution in [2.45, 2.75) is 51.1 Å². The van der Waals surface area contributed by atoms with Crippen LogP contribution in [0.5, 0.6) is 0 Å². The molecular weight excluding hydrogens is 280 g/mol. The molecule has 0 aliphatic heterocycles. The van der Waals surface area contributed by atoms with Crippen LogP contribution in [0, 0.1) is 6.92 Å². The molecule has 1 aromatic rings. The van der Waals surface area contributed by atoms with Crippen molar-refractivity contribution in [2.24, 2.45) is 0 Å². The topological polar surface area (TPSA) is 49.4 Å². The highest BCUT2D eigenvalue weighted by Gasteiger charge is 2.29. The Kier molecular flexibility index (Phi) is 4.66. The van der Waals surface area contributed by atoms with Gasteiger partial charge in [0.2, 0.25) is 10.0 Å². The fourth-order valence-electron chi connectivity index (χ4n) is 2.17. The largest absolute Gasteiger partial charge is 0.309 e. The van der Waals surface area contributed by atoms with Crippen LogP contribution in [0.4, 0.5) is 0 Å². The van der Waals surface area contributed by atoms with Gasteiger partial charge in [0.25, 0.3) is 0 Å². The van der Waals surface area contributed by atoms with Gasteiger partial charge in [-0.05, 0) is 30.7 Å². The van der Waals surface area contributed by atoms with E-state index in [1.807, 2.05) is 26.2 Å². The van der Waals surface area contributed by atoms with E-state index in [2.05, 4.69) is 5.32 Å². The lowest BCUT2D eigenvalue weighted by atomic mass is 10.3. The van der Waals surface area contributed by atoms with Crippen LogP contribution in [0.1, 0.15) is 37.1 Å². The van der Waals surface area contributed by atoms with Gasteiger partial charge in [-0.1, -0.05) is 13.8 Å². The number of sulfonamides is 1. The summed E-state index contributed by atoms with van der Waals surface area (Å²) in [5, 5.41) is 5.35. The molecule has 0 radical (unpaired) electrons. The molecule has 0 spiro atoms. The summed E-state index contributed by atoms with van der Waals surface area (Å²) in [4.78, 5) is 1.46. The molecule has 0 unspecified atom stereocenters. The van der Waals surface area contributed by atoms with Crippen molar-refractivity contribution < 1.29 is 8.42 Å². The van der Waals surface area contributed by atoms with Crippen LogP contribution in [0.2, 0.25) is 0 Å². The molecule has 4 nitrogen and oxygen atoms in total. The molecule has 0 saturated heterocycles. The standard InChI is InChI=1S/C13H22N2O2S2/c1-4-15(5-2)19(16,17)13-10(3)9-18-12(13)8-14-11-6-7-11/h9,11,14H,4-8H2,1-3H3. The normalized spacial score (nSPS) is 16.2. The van der Waals surface area contributed by atoms with Gasteiger partial charge >= 0.3 is 0 Å². The fraction of sp³-hybridized carbons (Fsp3) is 0.692. The number of nitrogens with one attached hydrogen (secondary N) is 1. The quantitative estimate of drug-likeness (QED) is 0.841. The van der Waals surface area contributed by atoms with Crippen LogP contribution in [-0.4, -0.2) is 31.9 Å². The Bertz CT molecular complexity index is 529. The van der Waals surface area contributed by atoms with Crippen molar-refractivity contribution in [2.75, 3.05) is 13.1 Å². The first-order chi connectivity index (χ1) is 9.00. The van der Waals surface area contributed by atoms with Gasteiger partial charge in [0.1, 0.15) is 4.90 Å². The molecule has 1 N–H and O–H groups in total. The zero-order chi connectivity index (χ0) is 14.0. The van der Waals surface area contributed by atoms with Crippen LogP contribution < -0.4 is 5.32 Å². The van der Waals surface area contributed by atoms with Crippen molar-refractivity contribution in [3.05, 3.63) is 15.8 Å². The van der Waals surface area contributed by atoms with Gasteiger partial charge in [-0.15, -0.1) is 11.3 Å². The van der Waals surface area contributed by atoms with E-state index >= 15 is 0 Å². The predicted octanol–water partition coefficient (Wildman–Crippen LogP) is 2.34. The van der Waals surface area contributed by atoms with E-state index < -0.39 is 10.0 Å². The summed E-state index contributed by atoms with van der Waals surface area (Å²) >= 11 is 1.54. The summed E-state index contributed by atoms with van der Waals surface area (Å²) < 4.78 is 26.9. The fourth-order valence-corrected chi connectivity index (χ4v) is 5.34. The number of aryl methyl sites for hydroxylation is 1. The van der Waals surface area contributed by atoms with E-state index in [1.165, 1.54) is 17.1 Å². The molecule has 0 bridgehead atoms. The van der Waals surface area contributed by atoms with Gasteiger partial charge in [-0.25, -0.2) is 8.42 Å². The lowest BCUT2D eigenvalue weighted by Crippen LogP contribution is -2.31. The lowest BCUT2D eigenvalue weighted by molar-refractivity contribution is 0.444. The average Bonchev–Trinajstić information content (AvgIpc) is 3.10. The Labute approximate surface area is 119 Å². The minimum Gasteiger partial charge on any atom is -0.309 e. The van der Waals surface area contributed by atoms with Crippen LogP contribution in [0.3, 0.4) is 0 Å². The van der Waals surface area contributed by atoms with Crippen molar-refractivity contribution in [3.8, 4) is 0 Å². The maximum absolute atomic E-state index is 12.7. The second-order valence-electron chi connectivity index (χ2n) is 4.92. The Balaban J connectivity index is 2.28. The van der Waals surface area contributed by atoms with Gasteiger partial charge in [0, 0.05) is 30.6 Å². The van der Waals surface area contributed by atoms with Gasteiger partial charge in [0.15, 0.2) is 0 Å². The second-order valence-corrected chi connectivity index (χ2v) is 7.75. The summed E-state index contributed by atoms with van der Waals surface area (Å²) in [6.07, 6.45) is 2.42. The van der Waals surface area contributed by atoms with Crippen molar-refractivity contribution in [1.82, 2.24) is 9.62 Å². The lowest BCUT2D eigenvalue weighted by Gasteiger charge is -2.19. The SMILES string of the molecule is CCN(CC)S(=O)(=O)c1c(C)csc1CNC1CC1. The first-order valence-corrected chi connectivity index (χ1v) is 9.13. The molecule has 1 aliphatic rings. The molecule has 1 fully saturated rings. The summed E-state index contributed by atoms with van der Waals surface area (Å²) in [5.74, 6) is 0. The number of hydrogen-bond acceptors (Lipinski definition) is 4. The first-order valence-electron chi connectivity index (χ1n) is 6.81. The van der Waals surface area contributed by atoms with Crippen LogP contribution in [-0.2, 0) is 16.6 Å². The van der Waals surface area contributed by atoms with E-state index in [4.69, 9.17) is 0 Å². The molecule has 1 heterocycles. The highest BCUT2D eigenvalue weighted by Crippen LogP contribution is 2.30. The summed E-state index contributed by atoms with van der Waals surface area (Å²) in [6.45, 7) is 7.34. The highest BCUT2D eigenvalue weighted by atomic mass is 32.2. The number of nitrogens with zero attached hydrogens (tertiary/aromatic N) is 1. The Morgan fingerprint density at radius 3 is 2.53 bits per heavy atom. The third kappa shape index (κ3) is 3.18. The third-order valence-corrected chi connectivity index (χ3v) is 6.94. The van der Waals surface area contributed by atoms with Gasteiger partial charge in [0.05, 0.1) is 0 Å². The third-order valence-electron chi connectivity index (χ3n) is 3.42. The van der Waals surface area contributed by atoms with Crippen LogP contribution in [0.15, 0.2) is 10.3 Å². The zero-order valence-electron chi connectivity index (χ0n) is 11.8. The minimum absolute atomic E-state index is 0.517. The average molecular weight is 302 g/mol. The number of rotatable bonds is 7. The summed E-state index contributed by atoms with van der Waals surface area (Å²) in [5.41, 5.74) is 0.865. The number of hydrogen-bond donors (Lipinski definition) is 1. The van der Waals surface area contributed by atoms with Crippen molar-refractivity contribution in [1.29, 1.82) is 0 Å². The molecule has 0 amide bonds. The molecule has 0 aromatic carbocycles. The van der Waals surface area contributed by atoms with E-state index in [0.717, 1.165) is 10.4 Å². The van der Waals surface area contributed by atoms with Gasteiger partial charge in [-0.3, -0.25) is 0 Å². The minimum atomic E-state index is -3.34. The molecule has 1 saturated carbocycles. The maximum atomic E-state index is 12.7. The first kappa shape index (κ1) is 15.0. The monoisotopic (exact) mass is 302 g/mol. The molecule has 19 heavy (non-hydrogen) atoms. The van der Waals surface area contributed by atoms with Gasteiger partial charge < -0.3 is 5.32 Å². The van der Waals surface area contributed by atoms with Crippen molar-refractivity contribution >= 4 is 21.4 Å². The number of thiophene rings is 1. The molecular formula is C13H22N2O2S2. The van der Waals surface area contributed by atoms with Crippen molar-refractivity contribution in [3.63, 3.8) is 0 Å². The highest BCUT2D eigenvalue weighted by molar-refractivity contribution is 7.89. The van der Waals surface area contributed by atoms with Gasteiger partial charge in [-0.2, -0.15) is 4.31 Å². The smallest absolute Gasteiger partial charge is 0.244 e. The predicted molar refractivity (Wildman–Crippen MR) is 79.0 cm³/mol. The second kappa shape index (κ2) is 5.91. The Morgan fingerprint density at radius 1 is 1.37 bits per heavy atom. The van der Waals surface area contributed by atoms with E-state index in [9.17, 15) is 8.42 Å². The Hall–Kier alpha value is -0.430. The summed E-state index contributed by atoms with van der Waals surface area (Å²) in [6, 6.07) is 0.589. The zero-order valence-corrected chi connectivity index (χ0v) is 13.4. The van der Waals surface area contributed by atoms with E-state index in [-0.39, 0.29) is 0 Å². The van der Waals surface area contributed by atoms with Crippen LogP contribution in [0.25, 0.3) is 0 Å². The maximum Gasteiger partial charge on any atom is 0.244 e. The molecule has 6 heteroatoms. The molecule has 2 rings (SSSR count). The molecule has 1 aliphatic carbocycles. The van der Waals surface area contributed by atoms with E-state index in [1.54, 1.807) is 11.3 Å². The molecule has 0 atom stereocenters. The summed E-state index contributed by atoms with van der Waals surface area (Å²) in [7, 11) is -3.34.